The number of nitrogens with zero attached hydrogens (tertiary/aromatic N) is 2. The molecule has 120 valence electrons. The molecule has 1 saturated heterocycles. The van der Waals surface area contributed by atoms with E-state index in [-0.39, 0.29) is 11.1 Å². The Morgan fingerprint density at radius 1 is 1.38 bits per heavy atom. The Balaban J connectivity index is 1.85. The Morgan fingerprint density at radius 2 is 2.00 bits per heavy atom. The number of carbonyl (C=O) groups is 1. The summed E-state index contributed by atoms with van der Waals surface area (Å²) in [5.74, 6) is 1.67. The van der Waals surface area contributed by atoms with Gasteiger partial charge in [-0.15, -0.1) is 0 Å². The van der Waals surface area contributed by atoms with Gasteiger partial charge in [-0.3, -0.25) is 4.99 Å². The predicted molar refractivity (Wildman–Crippen MR) is 85.8 cm³/mol. The minimum atomic E-state index is -0.432. The smallest absolute Gasteiger partial charge is 0.410 e. The van der Waals surface area contributed by atoms with Gasteiger partial charge in [0, 0.05) is 32.5 Å². The first kappa shape index (κ1) is 16.6. The highest BCUT2D eigenvalue weighted by Gasteiger charge is 2.35. The molecule has 0 aliphatic carbocycles. The lowest BCUT2D eigenvalue weighted by molar-refractivity contribution is 0.0134. The molecule has 0 spiro atoms. The summed E-state index contributed by atoms with van der Waals surface area (Å²) in [6.07, 6.45) is 1.75. The zero-order valence-corrected chi connectivity index (χ0v) is 14.9. The van der Waals surface area contributed by atoms with Crippen molar-refractivity contribution in [2.45, 2.75) is 51.2 Å². The third-order valence-corrected chi connectivity index (χ3v) is 4.81. The van der Waals surface area contributed by atoms with Gasteiger partial charge in [0.15, 0.2) is 10.9 Å². The van der Waals surface area contributed by atoms with Gasteiger partial charge in [-0.25, -0.2) is 4.79 Å². The molecule has 2 unspecified atom stereocenters. The summed E-state index contributed by atoms with van der Waals surface area (Å²) in [6.45, 7) is 9.87. The number of ether oxygens (including phenoxy) is 2. The van der Waals surface area contributed by atoms with E-state index in [4.69, 9.17) is 9.47 Å². The molecule has 1 amide bonds. The highest BCUT2D eigenvalue weighted by atomic mass is 79.9. The SMILES string of the molecule is CC1=NCC(C2CCN(C(=O)OC(C)(C)C)CC2)C(Br)O1. The number of hydrogen-bond donors (Lipinski definition) is 0. The number of likely N-dealkylation sites (tertiary alicyclic amines) is 1. The van der Waals surface area contributed by atoms with Gasteiger partial charge in [0.1, 0.15) is 5.60 Å². The van der Waals surface area contributed by atoms with Crippen molar-refractivity contribution in [2.24, 2.45) is 16.8 Å². The molecule has 2 aliphatic heterocycles. The fourth-order valence-corrected chi connectivity index (χ4v) is 3.67. The number of hydrogen-bond acceptors (Lipinski definition) is 4. The van der Waals surface area contributed by atoms with Gasteiger partial charge in [-0.1, -0.05) is 0 Å². The highest BCUT2D eigenvalue weighted by Crippen LogP contribution is 2.33. The van der Waals surface area contributed by atoms with Crippen LogP contribution < -0.4 is 0 Å². The standard InChI is InChI=1S/C15H25BrN2O3/c1-10-17-9-12(13(16)20-10)11-5-7-18(8-6-11)14(19)21-15(2,3)4/h11-13H,5-9H2,1-4H3. The summed E-state index contributed by atoms with van der Waals surface area (Å²) in [5, 5.41) is 0.0353. The van der Waals surface area contributed by atoms with Crippen molar-refractivity contribution < 1.29 is 14.3 Å². The molecular formula is C15H25BrN2O3. The summed E-state index contributed by atoms with van der Waals surface area (Å²) >= 11 is 3.61. The lowest BCUT2D eigenvalue weighted by Crippen LogP contribution is -2.45. The molecule has 2 heterocycles. The molecule has 0 aromatic heterocycles. The minimum Gasteiger partial charge on any atom is -0.466 e. The zero-order valence-electron chi connectivity index (χ0n) is 13.3. The van der Waals surface area contributed by atoms with Gasteiger partial charge in [0.2, 0.25) is 0 Å². The average molecular weight is 361 g/mol. The van der Waals surface area contributed by atoms with Crippen LogP contribution in [-0.2, 0) is 9.47 Å². The number of carbonyl (C=O) groups excluding carboxylic acids is 1. The van der Waals surface area contributed by atoms with E-state index in [1.54, 1.807) is 0 Å². The number of aliphatic imine (C=N–C) groups is 1. The predicted octanol–water partition coefficient (Wildman–Crippen LogP) is 3.42. The van der Waals surface area contributed by atoms with Crippen LogP contribution in [0, 0.1) is 11.8 Å². The zero-order chi connectivity index (χ0) is 15.6. The van der Waals surface area contributed by atoms with E-state index in [2.05, 4.69) is 20.9 Å². The lowest BCUT2D eigenvalue weighted by atomic mass is 9.84. The van der Waals surface area contributed by atoms with E-state index in [0.717, 1.165) is 38.4 Å². The molecule has 0 aromatic rings. The van der Waals surface area contributed by atoms with Crippen LogP contribution in [0.5, 0.6) is 0 Å². The first-order chi connectivity index (χ1) is 9.76. The quantitative estimate of drug-likeness (QED) is 0.673. The molecule has 6 heteroatoms. The molecule has 21 heavy (non-hydrogen) atoms. The largest absolute Gasteiger partial charge is 0.466 e. The second-order valence-corrected chi connectivity index (χ2v) is 7.70. The minimum absolute atomic E-state index is 0.0353. The van der Waals surface area contributed by atoms with E-state index >= 15 is 0 Å². The van der Waals surface area contributed by atoms with Gasteiger partial charge < -0.3 is 14.4 Å². The van der Waals surface area contributed by atoms with Crippen molar-refractivity contribution in [3.8, 4) is 0 Å². The summed E-state index contributed by atoms with van der Waals surface area (Å²) in [6, 6.07) is 0. The van der Waals surface area contributed by atoms with Crippen LogP contribution in [-0.4, -0.2) is 47.1 Å². The van der Waals surface area contributed by atoms with Gasteiger partial charge in [-0.2, -0.15) is 0 Å². The fourth-order valence-electron chi connectivity index (χ4n) is 2.80. The molecule has 2 rings (SSSR count). The number of piperidine rings is 1. The van der Waals surface area contributed by atoms with E-state index < -0.39 is 5.60 Å². The van der Waals surface area contributed by atoms with Gasteiger partial charge in [0.05, 0.1) is 0 Å². The molecule has 5 nitrogen and oxygen atoms in total. The van der Waals surface area contributed by atoms with E-state index in [0.29, 0.717) is 11.8 Å². The average Bonchev–Trinajstić information content (AvgIpc) is 2.37. The second-order valence-electron chi connectivity index (χ2n) is 6.80. The Hall–Kier alpha value is -0.780. The molecule has 0 N–H and O–H groups in total. The van der Waals surface area contributed by atoms with Gasteiger partial charge >= 0.3 is 6.09 Å². The van der Waals surface area contributed by atoms with Crippen molar-refractivity contribution in [1.29, 1.82) is 0 Å². The van der Waals surface area contributed by atoms with Crippen molar-refractivity contribution in [3.63, 3.8) is 0 Å². The van der Waals surface area contributed by atoms with Gasteiger partial charge in [0.25, 0.3) is 0 Å². The van der Waals surface area contributed by atoms with Crippen LogP contribution >= 0.6 is 15.9 Å². The monoisotopic (exact) mass is 360 g/mol. The maximum absolute atomic E-state index is 12.1. The Labute approximate surface area is 135 Å². The third-order valence-electron chi connectivity index (χ3n) is 3.94. The van der Waals surface area contributed by atoms with Crippen molar-refractivity contribution in [3.05, 3.63) is 0 Å². The number of amides is 1. The van der Waals surface area contributed by atoms with Crippen LogP contribution in [0.2, 0.25) is 0 Å². The normalized spacial score (nSPS) is 27.9. The van der Waals surface area contributed by atoms with Crippen LogP contribution in [0.25, 0.3) is 0 Å². The van der Waals surface area contributed by atoms with Crippen LogP contribution in [0.1, 0.15) is 40.5 Å². The highest BCUT2D eigenvalue weighted by molar-refractivity contribution is 9.09. The molecular weight excluding hydrogens is 336 g/mol. The fraction of sp³-hybridized carbons (Fsp3) is 0.867. The number of alkyl halides is 1. The molecule has 2 aliphatic rings. The molecule has 2 atom stereocenters. The maximum Gasteiger partial charge on any atom is 0.410 e. The Kier molecular flexibility index (Phi) is 5.17. The maximum atomic E-state index is 12.1. The van der Waals surface area contributed by atoms with E-state index in [1.165, 1.54) is 0 Å². The summed E-state index contributed by atoms with van der Waals surface area (Å²) < 4.78 is 11.1. The molecule has 0 saturated carbocycles. The third kappa shape index (κ3) is 4.59. The number of rotatable bonds is 1. The topological polar surface area (TPSA) is 51.1 Å². The Bertz CT molecular complexity index is 412. The number of halogens is 1. The van der Waals surface area contributed by atoms with Crippen LogP contribution in [0.4, 0.5) is 4.79 Å². The summed E-state index contributed by atoms with van der Waals surface area (Å²) in [4.78, 5) is 18.3. The first-order valence-electron chi connectivity index (χ1n) is 7.56. The van der Waals surface area contributed by atoms with Crippen LogP contribution in [0.15, 0.2) is 4.99 Å². The molecule has 0 aromatic carbocycles. The summed E-state index contributed by atoms with van der Waals surface area (Å²) in [5.41, 5.74) is -0.432. The van der Waals surface area contributed by atoms with Crippen molar-refractivity contribution >= 4 is 27.9 Å². The summed E-state index contributed by atoms with van der Waals surface area (Å²) in [7, 11) is 0. The van der Waals surface area contributed by atoms with Crippen molar-refractivity contribution in [1.82, 2.24) is 4.90 Å². The van der Waals surface area contributed by atoms with Crippen molar-refractivity contribution in [2.75, 3.05) is 19.6 Å². The molecule has 0 bridgehead atoms. The lowest BCUT2D eigenvalue weighted by Gasteiger charge is -2.38. The second kappa shape index (κ2) is 6.55. The molecule has 0 radical (unpaired) electrons. The first-order valence-corrected chi connectivity index (χ1v) is 8.47. The van der Waals surface area contributed by atoms with E-state index in [9.17, 15) is 4.79 Å². The van der Waals surface area contributed by atoms with Crippen LogP contribution in [0.3, 0.4) is 0 Å². The molecule has 1 fully saturated rings. The van der Waals surface area contributed by atoms with Gasteiger partial charge in [-0.05, 0) is 55.5 Å². The Morgan fingerprint density at radius 3 is 2.52 bits per heavy atom. The van der Waals surface area contributed by atoms with E-state index in [1.807, 2.05) is 32.6 Å².